The summed E-state index contributed by atoms with van der Waals surface area (Å²) in [5.74, 6) is 0.890. The smallest absolute Gasteiger partial charge is 0.119 e. The van der Waals surface area contributed by atoms with Gasteiger partial charge in [0, 0.05) is 13.1 Å². The molecule has 0 spiro atoms. The molecule has 1 aliphatic rings. The zero-order valence-electron chi connectivity index (χ0n) is 8.06. The van der Waals surface area contributed by atoms with Crippen LogP contribution in [0.4, 0.5) is 0 Å². The average Bonchev–Trinajstić information content (AvgIpc) is 2.29. The van der Waals surface area contributed by atoms with Crippen molar-refractivity contribution in [1.29, 1.82) is 0 Å². The summed E-state index contributed by atoms with van der Waals surface area (Å²) in [7, 11) is 0. The highest BCUT2D eigenvalue weighted by atomic mass is 16.5. The van der Waals surface area contributed by atoms with Crippen LogP contribution in [0.25, 0.3) is 0 Å². The predicted octanol–water partition coefficient (Wildman–Crippen LogP) is 1.07. The lowest BCUT2D eigenvalue weighted by atomic mass is 10.3. The van der Waals surface area contributed by atoms with Crippen LogP contribution in [-0.4, -0.2) is 32.4 Å². The lowest BCUT2D eigenvalue weighted by Crippen LogP contribution is -2.37. The van der Waals surface area contributed by atoms with Gasteiger partial charge in [0.2, 0.25) is 0 Å². The highest BCUT2D eigenvalue weighted by Gasteiger charge is 2.14. The Morgan fingerprint density at radius 1 is 1.36 bits per heavy atom. The third kappa shape index (κ3) is 2.72. The molecular formula is C11H14NO2. The summed E-state index contributed by atoms with van der Waals surface area (Å²) < 4.78 is 11.0. The Bertz CT molecular complexity index is 257. The van der Waals surface area contributed by atoms with Gasteiger partial charge in [-0.15, -0.1) is 0 Å². The third-order valence-corrected chi connectivity index (χ3v) is 2.11. The van der Waals surface area contributed by atoms with Crippen molar-refractivity contribution in [2.24, 2.45) is 0 Å². The molecule has 1 heterocycles. The van der Waals surface area contributed by atoms with Crippen LogP contribution in [0.5, 0.6) is 5.75 Å². The Hall–Kier alpha value is -1.06. The molecule has 2 rings (SSSR count). The Morgan fingerprint density at radius 2 is 2.21 bits per heavy atom. The SMILES string of the molecule is c1ccc(OCC2C[N]CCO2)cc1. The van der Waals surface area contributed by atoms with Gasteiger partial charge in [0.05, 0.1) is 6.61 Å². The normalized spacial score (nSPS) is 21.9. The van der Waals surface area contributed by atoms with Crippen LogP contribution in [0.3, 0.4) is 0 Å². The van der Waals surface area contributed by atoms with Crippen molar-refractivity contribution in [2.45, 2.75) is 6.10 Å². The molecule has 75 valence electrons. The molecule has 1 saturated heterocycles. The minimum Gasteiger partial charge on any atom is -0.491 e. The minimum absolute atomic E-state index is 0.129. The molecule has 0 saturated carbocycles. The molecule has 1 aromatic rings. The second kappa shape index (κ2) is 4.98. The zero-order valence-corrected chi connectivity index (χ0v) is 8.06. The molecule has 0 aliphatic carbocycles. The molecular weight excluding hydrogens is 178 g/mol. The van der Waals surface area contributed by atoms with E-state index in [1.165, 1.54) is 0 Å². The molecule has 1 fully saturated rings. The van der Waals surface area contributed by atoms with Crippen molar-refractivity contribution in [3.8, 4) is 5.75 Å². The number of hydrogen-bond acceptors (Lipinski definition) is 2. The maximum absolute atomic E-state index is 5.56. The van der Waals surface area contributed by atoms with E-state index in [0.717, 1.165) is 25.4 Å². The fraction of sp³-hybridized carbons (Fsp3) is 0.455. The number of nitrogens with zero attached hydrogens (tertiary/aromatic N) is 1. The molecule has 0 amide bonds. The van der Waals surface area contributed by atoms with Gasteiger partial charge in [-0.1, -0.05) is 18.2 Å². The highest BCUT2D eigenvalue weighted by Crippen LogP contribution is 2.09. The summed E-state index contributed by atoms with van der Waals surface area (Å²) in [5, 5.41) is 4.27. The summed E-state index contributed by atoms with van der Waals surface area (Å²) in [4.78, 5) is 0. The standard InChI is InChI=1S/C11H14NO2/c1-2-4-10(5-3-1)14-9-11-8-12-6-7-13-11/h1-5,11H,6-9H2. The van der Waals surface area contributed by atoms with Crippen LogP contribution in [0, 0.1) is 0 Å². The molecule has 0 bridgehead atoms. The quantitative estimate of drug-likeness (QED) is 0.717. The number of rotatable bonds is 3. The van der Waals surface area contributed by atoms with Crippen LogP contribution in [-0.2, 0) is 4.74 Å². The van der Waals surface area contributed by atoms with Crippen LogP contribution in [0.2, 0.25) is 0 Å². The van der Waals surface area contributed by atoms with Gasteiger partial charge in [-0.2, -0.15) is 0 Å². The van der Waals surface area contributed by atoms with E-state index >= 15 is 0 Å². The van der Waals surface area contributed by atoms with Crippen molar-refractivity contribution >= 4 is 0 Å². The minimum atomic E-state index is 0.129. The van der Waals surface area contributed by atoms with Crippen LogP contribution < -0.4 is 10.1 Å². The van der Waals surface area contributed by atoms with E-state index in [2.05, 4.69) is 5.32 Å². The van der Waals surface area contributed by atoms with Gasteiger partial charge >= 0.3 is 0 Å². The Balaban J connectivity index is 1.76. The Kier molecular flexibility index (Phi) is 3.38. The molecule has 0 N–H and O–H groups in total. The number of morpholine rings is 1. The summed E-state index contributed by atoms with van der Waals surface area (Å²) in [5.41, 5.74) is 0. The van der Waals surface area contributed by atoms with E-state index in [4.69, 9.17) is 9.47 Å². The topological polar surface area (TPSA) is 32.6 Å². The summed E-state index contributed by atoms with van der Waals surface area (Å²) in [6.45, 7) is 2.89. The predicted molar refractivity (Wildman–Crippen MR) is 53.5 cm³/mol. The van der Waals surface area contributed by atoms with Gasteiger partial charge in [0.15, 0.2) is 0 Å². The number of hydrogen-bond donors (Lipinski definition) is 0. The molecule has 1 radical (unpaired) electrons. The molecule has 1 aromatic carbocycles. The average molecular weight is 192 g/mol. The Morgan fingerprint density at radius 3 is 2.93 bits per heavy atom. The first-order valence-corrected chi connectivity index (χ1v) is 4.88. The maximum Gasteiger partial charge on any atom is 0.119 e. The largest absolute Gasteiger partial charge is 0.491 e. The summed E-state index contributed by atoms with van der Waals surface area (Å²) in [6, 6.07) is 9.78. The number of para-hydroxylation sites is 1. The van der Waals surface area contributed by atoms with Gasteiger partial charge in [-0.25, -0.2) is 5.32 Å². The maximum atomic E-state index is 5.56. The molecule has 1 unspecified atom stereocenters. The van der Waals surface area contributed by atoms with Gasteiger partial charge in [0.1, 0.15) is 18.5 Å². The van der Waals surface area contributed by atoms with E-state index in [-0.39, 0.29) is 6.10 Å². The van der Waals surface area contributed by atoms with E-state index in [1.54, 1.807) is 0 Å². The Labute approximate surface area is 84.0 Å². The van der Waals surface area contributed by atoms with Crippen molar-refractivity contribution in [3.63, 3.8) is 0 Å². The summed E-state index contributed by atoms with van der Waals surface area (Å²) >= 11 is 0. The van der Waals surface area contributed by atoms with Crippen LogP contribution in [0.1, 0.15) is 0 Å². The highest BCUT2D eigenvalue weighted by molar-refractivity contribution is 5.20. The monoisotopic (exact) mass is 192 g/mol. The second-order valence-corrected chi connectivity index (χ2v) is 3.25. The number of benzene rings is 1. The zero-order chi connectivity index (χ0) is 9.64. The first-order chi connectivity index (χ1) is 6.95. The first kappa shape index (κ1) is 9.49. The van der Waals surface area contributed by atoms with E-state index in [1.807, 2.05) is 30.3 Å². The molecule has 1 aliphatic heterocycles. The fourth-order valence-electron chi connectivity index (χ4n) is 1.38. The first-order valence-electron chi connectivity index (χ1n) is 4.88. The fourth-order valence-corrected chi connectivity index (χ4v) is 1.38. The van der Waals surface area contributed by atoms with E-state index in [9.17, 15) is 0 Å². The molecule has 14 heavy (non-hydrogen) atoms. The lowest BCUT2D eigenvalue weighted by Gasteiger charge is -2.22. The van der Waals surface area contributed by atoms with Gasteiger partial charge in [-0.3, -0.25) is 0 Å². The van der Waals surface area contributed by atoms with Crippen LogP contribution >= 0.6 is 0 Å². The van der Waals surface area contributed by atoms with Gasteiger partial charge in [-0.05, 0) is 12.1 Å². The third-order valence-electron chi connectivity index (χ3n) is 2.11. The van der Waals surface area contributed by atoms with Crippen molar-refractivity contribution in [1.82, 2.24) is 5.32 Å². The van der Waals surface area contributed by atoms with Crippen LogP contribution in [0.15, 0.2) is 30.3 Å². The second-order valence-electron chi connectivity index (χ2n) is 3.25. The number of ether oxygens (including phenoxy) is 2. The van der Waals surface area contributed by atoms with E-state index < -0.39 is 0 Å². The van der Waals surface area contributed by atoms with Crippen molar-refractivity contribution in [3.05, 3.63) is 30.3 Å². The molecule has 3 heteroatoms. The molecule has 3 nitrogen and oxygen atoms in total. The molecule has 1 atom stereocenters. The van der Waals surface area contributed by atoms with Crippen molar-refractivity contribution < 1.29 is 9.47 Å². The van der Waals surface area contributed by atoms with E-state index in [0.29, 0.717) is 6.61 Å². The summed E-state index contributed by atoms with van der Waals surface area (Å²) in [6.07, 6.45) is 0.129. The molecule has 0 aromatic heterocycles. The van der Waals surface area contributed by atoms with Gasteiger partial charge in [0.25, 0.3) is 0 Å². The van der Waals surface area contributed by atoms with Gasteiger partial charge < -0.3 is 9.47 Å². The lowest BCUT2D eigenvalue weighted by molar-refractivity contribution is -0.00115. The van der Waals surface area contributed by atoms with Crippen molar-refractivity contribution in [2.75, 3.05) is 26.3 Å².